The first kappa shape index (κ1) is 14.8. The second kappa shape index (κ2) is 6.71. The molecule has 0 amide bonds. The smallest absolute Gasteiger partial charge is 0.0142 e. The van der Waals surface area contributed by atoms with Gasteiger partial charge in [-0.15, -0.1) is 0 Å². The van der Waals surface area contributed by atoms with Crippen molar-refractivity contribution in [1.82, 2.24) is 0 Å². The third-order valence-electron chi connectivity index (χ3n) is 3.12. The van der Waals surface area contributed by atoms with E-state index in [0.717, 1.165) is 5.57 Å². The van der Waals surface area contributed by atoms with Crippen LogP contribution in [-0.4, -0.2) is 0 Å². The molecule has 0 aliphatic heterocycles. The van der Waals surface area contributed by atoms with Gasteiger partial charge in [0.1, 0.15) is 0 Å². The van der Waals surface area contributed by atoms with E-state index in [4.69, 9.17) is 0 Å². The van der Waals surface area contributed by atoms with Gasteiger partial charge in [0.2, 0.25) is 0 Å². The molecule has 100 valence electrons. The number of hydrogen-bond acceptors (Lipinski definition) is 0. The maximum absolute atomic E-state index is 3.95. The van der Waals surface area contributed by atoms with Crippen molar-refractivity contribution in [3.63, 3.8) is 0 Å². The van der Waals surface area contributed by atoms with Crippen molar-refractivity contribution in [3.05, 3.63) is 88.5 Å². The van der Waals surface area contributed by atoms with Crippen LogP contribution in [0.5, 0.6) is 0 Å². The van der Waals surface area contributed by atoms with E-state index in [0.29, 0.717) is 0 Å². The monoisotopic (exact) mass is 372 g/mol. The van der Waals surface area contributed by atoms with E-state index in [1.165, 1.54) is 25.8 Å². The highest BCUT2D eigenvalue weighted by atomic mass is 127. The Morgan fingerprint density at radius 1 is 1.05 bits per heavy atom. The molecule has 0 atom stereocenters. The Labute approximate surface area is 134 Å². The standard InChI is InChI=1S/C19H17I/c1-4-14(2)10-15(3)17-11-18(13-19(20)12-17)16-8-6-5-7-9-16/h4-13H,1-2H2,3H3/b15-10+. The molecule has 0 heterocycles. The molecule has 0 bridgehead atoms. The number of rotatable bonds is 4. The van der Waals surface area contributed by atoms with E-state index in [9.17, 15) is 0 Å². The zero-order valence-electron chi connectivity index (χ0n) is 11.6. The van der Waals surface area contributed by atoms with Crippen molar-refractivity contribution in [1.29, 1.82) is 0 Å². The largest absolute Gasteiger partial charge is 0.0985 e. The van der Waals surface area contributed by atoms with Gasteiger partial charge in [-0.25, -0.2) is 0 Å². The Hall–Kier alpha value is -1.61. The zero-order valence-corrected chi connectivity index (χ0v) is 13.7. The highest BCUT2D eigenvalue weighted by Crippen LogP contribution is 2.27. The van der Waals surface area contributed by atoms with Crippen molar-refractivity contribution < 1.29 is 0 Å². The Balaban J connectivity index is 2.47. The first-order valence-corrected chi connectivity index (χ1v) is 7.54. The summed E-state index contributed by atoms with van der Waals surface area (Å²) in [6.07, 6.45) is 3.84. The minimum atomic E-state index is 0.933. The first-order chi connectivity index (χ1) is 9.60. The van der Waals surface area contributed by atoms with Gasteiger partial charge in [0, 0.05) is 3.57 Å². The fraction of sp³-hybridized carbons (Fsp3) is 0.0526. The molecule has 1 heteroatoms. The third kappa shape index (κ3) is 3.70. The van der Waals surface area contributed by atoms with Crippen LogP contribution in [0.25, 0.3) is 16.7 Å². The first-order valence-electron chi connectivity index (χ1n) is 6.46. The highest BCUT2D eigenvalue weighted by Gasteiger charge is 2.03. The summed E-state index contributed by atoms with van der Waals surface area (Å²) in [6.45, 7) is 9.80. The Morgan fingerprint density at radius 3 is 2.40 bits per heavy atom. The van der Waals surface area contributed by atoms with Gasteiger partial charge in [-0.1, -0.05) is 55.6 Å². The topological polar surface area (TPSA) is 0 Å². The van der Waals surface area contributed by atoms with Gasteiger partial charge in [-0.2, -0.15) is 0 Å². The Bertz CT molecular complexity index is 663. The molecular formula is C19H17I. The lowest BCUT2D eigenvalue weighted by Gasteiger charge is -2.08. The van der Waals surface area contributed by atoms with Crippen LogP contribution < -0.4 is 0 Å². The van der Waals surface area contributed by atoms with E-state index in [1.54, 1.807) is 6.08 Å². The van der Waals surface area contributed by atoms with E-state index in [-0.39, 0.29) is 0 Å². The summed E-state index contributed by atoms with van der Waals surface area (Å²) in [6, 6.07) is 17.1. The molecule has 0 N–H and O–H groups in total. The minimum Gasteiger partial charge on any atom is -0.0985 e. The van der Waals surface area contributed by atoms with Crippen LogP contribution in [0.1, 0.15) is 12.5 Å². The maximum Gasteiger partial charge on any atom is 0.0142 e. The van der Waals surface area contributed by atoms with Gasteiger partial charge >= 0.3 is 0 Å². The van der Waals surface area contributed by atoms with E-state index >= 15 is 0 Å². The van der Waals surface area contributed by atoms with Crippen LogP contribution >= 0.6 is 22.6 Å². The molecule has 2 rings (SSSR count). The molecule has 0 unspecified atom stereocenters. The summed E-state index contributed by atoms with van der Waals surface area (Å²) < 4.78 is 1.23. The van der Waals surface area contributed by atoms with Gasteiger partial charge in [0.15, 0.2) is 0 Å². The fourth-order valence-corrected chi connectivity index (χ4v) is 2.71. The van der Waals surface area contributed by atoms with Crippen molar-refractivity contribution in [2.75, 3.05) is 0 Å². The maximum atomic E-state index is 3.95. The predicted octanol–water partition coefficient (Wildman–Crippen LogP) is 6.10. The lowest BCUT2D eigenvalue weighted by molar-refractivity contribution is 1.51. The van der Waals surface area contributed by atoms with Crippen LogP contribution in [0.3, 0.4) is 0 Å². The highest BCUT2D eigenvalue weighted by molar-refractivity contribution is 14.1. The fourth-order valence-electron chi connectivity index (χ4n) is 2.03. The molecule has 2 aromatic rings. The summed E-state index contributed by atoms with van der Waals surface area (Å²) in [5.74, 6) is 0. The van der Waals surface area contributed by atoms with Crippen LogP contribution in [0.4, 0.5) is 0 Å². The van der Waals surface area contributed by atoms with Crippen molar-refractivity contribution >= 4 is 28.2 Å². The predicted molar refractivity (Wildman–Crippen MR) is 97.6 cm³/mol. The Morgan fingerprint density at radius 2 is 1.75 bits per heavy atom. The average molecular weight is 372 g/mol. The number of benzene rings is 2. The lowest BCUT2D eigenvalue weighted by atomic mass is 9.99. The third-order valence-corrected chi connectivity index (χ3v) is 3.75. The van der Waals surface area contributed by atoms with Crippen LogP contribution in [0, 0.1) is 3.57 Å². The number of hydrogen-bond donors (Lipinski definition) is 0. The van der Waals surface area contributed by atoms with Crippen LogP contribution in [0.15, 0.2) is 79.4 Å². The summed E-state index contributed by atoms with van der Waals surface area (Å²) in [5.41, 5.74) is 5.83. The molecular weight excluding hydrogens is 355 g/mol. The SMILES string of the molecule is C=CC(=C)/C=C(\C)c1cc(I)cc(-c2ccccc2)c1. The van der Waals surface area contributed by atoms with Gasteiger partial charge < -0.3 is 0 Å². The molecule has 0 fully saturated rings. The molecule has 0 aliphatic rings. The minimum absolute atomic E-state index is 0.933. The normalized spacial score (nSPS) is 11.2. The van der Waals surface area contributed by atoms with E-state index in [1.807, 2.05) is 6.07 Å². The number of allylic oxidation sites excluding steroid dienone is 4. The molecule has 0 nitrogen and oxygen atoms in total. The van der Waals surface area contributed by atoms with Gasteiger partial charge in [0.25, 0.3) is 0 Å². The molecule has 2 aromatic carbocycles. The second-order valence-electron chi connectivity index (χ2n) is 4.70. The summed E-state index contributed by atoms with van der Waals surface area (Å²) in [5, 5.41) is 0. The molecule has 0 radical (unpaired) electrons. The molecule has 0 saturated carbocycles. The van der Waals surface area contributed by atoms with E-state index in [2.05, 4.69) is 91.2 Å². The quantitative estimate of drug-likeness (QED) is 0.449. The summed E-state index contributed by atoms with van der Waals surface area (Å²) >= 11 is 2.36. The molecule has 0 spiro atoms. The van der Waals surface area contributed by atoms with Gasteiger partial charge in [-0.3, -0.25) is 0 Å². The average Bonchev–Trinajstić information content (AvgIpc) is 2.47. The summed E-state index contributed by atoms with van der Waals surface area (Å²) in [4.78, 5) is 0. The van der Waals surface area contributed by atoms with Crippen molar-refractivity contribution in [2.24, 2.45) is 0 Å². The number of halogens is 1. The molecule has 0 aromatic heterocycles. The zero-order chi connectivity index (χ0) is 14.5. The molecule has 20 heavy (non-hydrogen) atoms. The van der Waals surface area contributed by atoms with Crippen molar-refractivity contribution in [3.8, 4) is 11.1 Å². The second-order valence-corrected chi connectivity index (χ2v) is 5.95. The molecule has 0 saturated heterocycles. The summed E-state index contributed by atoms with van der Waals surface area (Å²) in [7, 11) is 0. The van der Waals surface area contributed by atoms with Crippen LogP contribution in [-0.2, 0) is 0 Å². The van der Waals surface area contributed by atoms with Crippen LogP contribution in [0.2, 0.25) is 0 Å². The molecule has 0 aliphatic carbocycles. The van der Waals surface area contributed by atoms with Gasteiger partial charge in [0.05, 0.1) is 0 Å². The Kier molecular flexibility index (Phi) is 4.96. The lowest BCUT2D eigenvalue weighted by Crippen LogP contribution is -1.86. The van der Waals surface area contributed by atoms with Crippen molar-refractivity contribution in [2.45, 2.75) is 6.92 Å². The van der Waals surface area contributed by atoms with E-state index < -0.39 is 0 Å². The van der Waals surface area contributed by atoms with Gasteiger partial charge in [-0.05, 0) is 75.6 Å².